The third-order valence-corrected chi connectivity index (χ3v) is 4.77. The van der Waals surface area contributed by atoms with Gasteiger partial charge in [0.05, 0.1) is 0 Å². The van der Waals surface area contributed by atoms with Crippen molar-refractivity contribution in [2.45, 2.75) is 23.8 Å². The Kier molecular flexibility index (Phi) is 4.38. The van der Waals surface area contributed by atoms with Crippen LogP contribution in [0.15, 0.2) is 53.4 Å². The maximum atomic E-state index is 13.1. The maximum absolute atomic E-state index is 13.1. The van der Waals surface area contributed by atoms with E-state index in [-0.39, 0.29) is 5.82 Å². The second-order valence-electron chi connectivity index (χ2n) is 5.06. The van der Waals surface area contributed by atoms with Gasteiger partial charge in [0, 0.05) is 10.9 Å². The highest BCUT2D eigenvalue weighted by atomic mass is 32.2. The summed E-state index contributed by atoms with van der Waals surface area (Å²) in [5.74, 6) is 1.01. The second-order valence-corrected chi connectivity index (χ2v) is 6.20. The van der Waals surface area contributed by atoms with Crippen LogP contribution in [0.25, 0.3) is 0 Å². The first kappa shape index (κ1) is 13.7. The highest BCUT2D eigenvalue weighted by Crippen LogP contribution is 2.35. The van der Waals surface area contributed by atoms with Crippen LogP contribution < -0.4 is 5.32 Å². The van der Waals surface area contributed by atoms with Gasteiger partial charge in [0.1, 0.15) is 5.82 Å². The van der Waals surface area contributed by atoms with Crippen LogP contribution in [0.3, 0.4) is 0 Å². The van der Waals surface area contributed by atoms with E-state index in [9.17, 15) is 4.39 Å². The molecule has 1 nitrogen and oxygen atoms in total. The van der Waals surface area contributed by atoms with E-state index in [0.717, 1.165) is 30.7 Å². The Hall–Kier alpha value is -1.32. The van der Waals surface area contributed by atoms with Crippen LogP contribution in [-0.4, -0.2) is 12.3 Å². The zero-order valence-corrected chi connectivity index (χ0v) is 12.1. The summed E-state index contributed by atoms with van der Waals surface area (Å²) in [7, 11) is 0. The molecule has 104 valence electrons. The summed E-state index contributed by atoms with van der Waals surface area (Å²) < 4.78 is 13.1. The van der Waals surface area contributed by atoms with Gasteiger partial charge in [-0.05, 0) is 54.5 Å². The van der Waals surface area contributed by atoms with Crippen molar-refractivity contribution in [3.8, 4) is 0 Å². The highest BCUT2D eigenvalue weighted by Gasteiger charge is 2.19. The summed E-state index contributed by atoms with van der Waals surface area (Å²) >= 11 is 1.93. The number of rotatable bonds is 4. The van der Waals surface area contributed by atoms with E-state index in [1.54, 1.807) is 12.1 Å². The standard InChI is InChI=1S/C17H18FNS/c18-14-5-3-4-13(12-14)8-10-19-16-9-11-20-17-7-2-1-6-15(16)17/h1-7,12,16,19H,8-11H2. The Labute approximate surface area is 123 Å². The van der Waals surface area contributed by atoms with Crippen LogP contribution >= 0.6 is 11.8 Å². The minimum absolute atomic E-state index is 0.151. The summed E-state index contributed by atoms with van der Waals surface area (Å²) in [4.78, 5) is 1.39. The molecule has 0 fully saturated rings. The molecule has 1 unspecified atom stereocenters. The molecule has 1 N–H and O–H groups in total. The number of benzene rings is 2. The minimum Gasteiger partial charge on any atom is -0.310 e. The molecule has 0 amide bonds. The molecule has 0 aromatic heterocycles. The fraction of sp³-hybridized carbons (Fsp3) is 0.294. The first-order valence-electron chi connectivity index (χ1n) is 7.02. The molecular formula is C17H18FNS. The van der Waals surface area contributed by atoms with Crippen molar-refractivity contribution in [3.63, 3.8) is 0 Å². The monoisotopic (exact) mass is 287 g/mol. The van der Waals surface area contributed by atoms with E-state index in [1.165, 1.54) is 16.5 Å². The SMILES string of the molecule is Fc1cccc(CCNC2CCSc3ccccc32)c1. The molecule has 1 aliphatic heterocycles. The van der Waals surface area contributed by atoms with Gasteiger partial charge < -0.3 is 5.32 Å². The summed E-state index contributed by atoms with van der Waals surface area (Å²) in [6.45, 7) is 0.882. The maximum Gasteiger partial charge on any atom is 0.123 e. The molecule has 20 heavy (non-hydrogen) atoms. The third-order valence-electron chi connectivity index (χ3n) is 3.65. The van der Waals surface area contributed by atoms with Crippen molar-refractivity contribution >= 4 is 11.8 Å². The number of thioether (sulfide) groups is 1. The van der Waals surface area contributed by atoms with Crippen LogP contribution in [0.1, 0.15) is 23.6 Å². The van der Waals surface area contributed by atoms with Gasteiger partial charge in [-0.3, -0.25) is 0 Å². The van der Waals surface area contributed by atoms with Gasteiger partial charge in [0.15, 0.2) is 0 Å². The Morgan fingerprint density at radius 3 is 2.95 bits per heavy atom. The van der Waals surface area contributed by atoms with E-state index >= 15 is 0 Å². The van der Waals surface area contributed by atoms with Gasteiger partial charge in [0.25, 0.3) is 0 Å². The molecular weight excluding hydrogens is 269 g/mol. The van der Waals surface area contributed by atoms with Gasteiger partial charge in [0.2, 0.25) is 0 Å². The highest BCUT2D eigenvalue weighted by molar-refractivity contribution is 7.99. The lowest BCUT2D eigenvalue weighted by Crippen LogP contribution is -2.26. The third kappa shape index (κ3) is 3.22. The average molecular weight is 287 g/mol. The van der Waals surface area contributed by atoms with Crippen molar-refractivity contribution < 1.29 is 4.39 Å². The molecule has 0 radical (unpaired) electrons. The van der Waals surface area contributed by atoms with Crippen LogP contribution in [-0.2, 0) is 6.42 Å². The molecule has 0 bridgehead atoms. The van der Waals surface area contributed by atoms with Gasteiger partial charge in [-0.1, -0.05) is 30.3 Å². The van der Waals surface area contributed by atoms with Gasteiger partial charge in [-0.25, -0.2) is 4.39 Å². The first-order chi connectivity index (χ1) is 9.83. The van der Waals surface area contributed by atoms with Crippen molar-refractivity contribution in [2.24, 2.45) is 0 Å². The number of nitrogens with one attached hydrogen (secondary N) is 1. The lowest BCUT2D eigenvalue weighted by Gasteiger charge is -2.26. The Bertz CT molecular complexity index is 585. The van der Waals surface area contributed by atoms with Crippen LogP contribution in [0.2, 0.25) is 0 Å². The second kappa shape index (κ2) is 6.42. The molecule has 0 spiro atoms. The van der Waals surface area contributed by atoms with Crippen molar-refractivity contribution in [2.75, 3.05) is 12.3 Å². The van der Waals surface area contributed by atoms with Crippen LogP contribution in [0.4, 0.5) is 4.39 Å². The molecule has 1 heterocycles. The fourth-order valence-electron chi connectivity index (χ4n) is 2.64. The smallest absolute Gasteiger partial charge is 0.123 e. The summed E-state index contributed by atoms with van der Waals surface area (Å²) in [6, 6.07) is 15.9. The average Bonchev–Trinajstić information content (AvgIpc) is 2.48. The molecule has 2 aromatic rings. The molecule has 1 aliphatic rings. The predicted octanol–water partition coefficient (Wildman–Crippen LogP) is 4.19. The zero-order chi connectivity index (χ0) is 13.8. The Morgan fingerprint density at radius 1 is 1.15 bits per heavy atom. The fourth-order valence-corrected chi connectivity index (χ4v) is 3.76. The lowest BCUT2D eigenvalue weighted by atomic mass is 10.0. The minimum atomic E-state index is -0.151. The van der Waals surface area contributed by atoms with Crippen LogP contribution in [0, 0.1) is 5.82 Å². The largest absolute Gasteiger partial charge is 0.310 e. The van der Waals surface area contributed by atoms with Gasteiger partial charge in [-0.15, -0.1) is 11.8 Å². The number of halogens is 1. The quantitative estimate of drug-likeness (QED) is 0.904. The van der Waals surface area contributed by atoms with E-state index in [1.807, 2.05) is 17.8 Å². The lowest BCUT2D eigenvalue weighted by molar-refractivity contribution is 0.513. The Balaban J connectivity index is 1.60. The topological polar surface area (TPSA) is 12.0 Å². The molecule has 0 saturated carbocycles. The van der Waals surface area contributed by atoms with Crippen LogP contribution in [0.5, 0.6) is 0 Å². The first-order valence-corrected chi connectivity index (χ1v) is 8.01. The zero-order valence-electron chi connectivity index (χ0n) is 11.3. The van der Waals surface area contributed by atoms with E-state index in [4.69, 9.17) is 0 Å². The summed E-state index contributed by atoms with van der Waals surface area (Å²) in [6.07, 6.45) is 2.02. The van der Waals surface area contributed by atoms with E-state index < -0.39 is 0 Å². The van der Waals surface area contributed by atoms with E-state index in [0.29, 0.717) is 6.04 Å². The number of hydrogen-bond donors (Lipinski definition) is 1. The summed E-state index contributed by atoms with van der Waals surface area (Å²) in [5, 5.41) is 3.61. The summed E-state index contributed by atoms with van der Waals surface area (Å²) in [5.41, 5.74) is 2.46. The van der Waals surface area contributed by atoms with Crippen molar-refractivity contribution in [1.82, 2.24) is 5.32 Å². The number of fused-ring (bicyclic) bond motifs is 1. The number of hydrogen-bond acceptors (Lipinski definition) is 2. The molecule has 2 aromatic carbocycles. The molecule has 3 rings (SSSR count). The molecule has 0 saturated heterocycles. The molecule has 0 aliphatic carbocycles. The van der Waals surface area contributed by atoms with Gasteiger partial charge in [-0.2, -0.15) is 0 Å². The Morgan fingerprint density at radius 2 is 2.05 bits per heavy atom. The van der Waals surface area contributed by atoms with Crippen molar-refractivity contribution in [1.29, 1.82) is 0 Å². The normalized spacial score (nSPS) is 17.8. The molecule has 3 heteroatoms. The van der Waals surface area contributed by atoms with Crippen molar-refractivity contribution in [3.05, 3.63) is 65.5 Å². The van der Waals surface area contributed by atoms with Gasteiger partial charge >= 0.3 is 0 Å². The van der Waals surface area contributed by atoms with E-state index in [2.05, 4.69) is 29.6 Å². The predicted molar refractivity (Wildman–Crippen MR) is 82.6 cm³/mol. The molecule has 1 atom stereocenters.